The molecule has 90 valence electrons. The van der Waals surface area contributed by atoms with Crippen LogP contribution in [0.5, 0.6) is 0 Å². The zero-order valence-corrected chi connectivity index (χ0v) is 10.2. The molecule has 1 atom stereocenters. The van der Waals surface area contributed by atoms with Gasteiger partial charge < -0.3 is 5.32 Å². The summed E-state index contributed by atoms with van der Waals surface area (Å²) in [6.07, 6.45) is 12.0. The van der Waals surface area contributed by atoms with Crippen LogP contribution >= 0.6 is 0 Å². The van der Waals surface area contributed by atoms with E-state index in [0.717, 1.165) is 19.0 Å². The van der Waals surface area contributed by atoms with Gasteiger partial charge in [-0.15, -0.1) is 0 Å². The second-order valence-electron chi connectivity index (χ2n) is 4.96. The third-order valence-corrected chi connectivity index (χ3v) is 3.48. The highest BCUT2D eigenvalue weighted by Crippen LogP contribution is 2.18. The maximum absolute atomic E-state index is 4.22. The van der Waals surface area contributed by atoms with Gasteiger partial charge in [0.2, 0.25) is 0 Å². The second-order valence-corrected chi connectivity index (χ2v) is 4.96. The minimum Gasteiger partial charge on any atom is -0.311 e. The van der Waals surface area contributed by atoms with Gasteiger partial charge in [-0.05, 0) is 32.3 Å². The van der Waals surface area contributed by atoms with Crippen LogP contribution in [-0.2, 0) is 6.54 Å². The summed E-state index contributed by atoms with van der Waals surface area (Å²) in [6, 6.07) is 3.35. The van der Waals surface area contributed by atoms with Crippen molar-refractivity contribution in [2.24, 2.45) is 0 Å². The molecule has 0 amide bonds. The van der Waals surface area contributed by atoms with Gasteiger partial charge in [0.25, 0.3) is 0 Å². The van der Waals surface area contributed by atoms with E-state index in [2.05, 4.69) is 17.3 Å². The van der Waals surface area contributed by atoms with E-state index in [9.17, 15) is 0 Å². The van der Waals surface area contributed by atoms with Crippen LogP contribution in [0.3, 0.4) is 0 Å². The van der Waals surface area contributed by atoms with Gasteiger partial charge in [0.05, 0.1) is 0 Å². The molecule has 0 bridgehead atoms. The number of hydrogen-bond donors (Lipinski definition) is 1. The predicted molar refractivity (Wildman–Crippen MR) is 66.3 cm³/mol. The van der Waals surface area contributed by atoms with Crippen molar-refractivity contribution in [2.45, 2.75) is 64.1 Å². The largest absolute Gasteiger partial charge is 0.311 e. The summed E-state index contributed by atoms with van der Waals surface area (Å²) in [5, 5.41) is 7.96. The Hall–Kier alpha value is -0.830. The molecule has 1 fully saturated rings. The molecule has 1 unspecified atom stereocenters. The van der Waals surface area contributed by atoms with Crippen molar-refractivity contribution in [3.8, 4) is 0 Å². The fourth-order valence-corrected chi connectivity index (χ4v) is 2.51. The van der Waals surface area contributed by atoms with E-state index in [1.54, 1.807) is 0 Å². The van der Waals surface area contributed by atoms with Gasteiger partial charge in [-0.3, -0.25) is 4.68 Å². The van der Waals surface area contributed by atoms with Crippen molar-refractivity contribution in [2.75, 3.05) is 0 Å². The molecule has 2 rings (SSSR count). The Morgan fingerprint density at radius 3 is 2.88 bits per heavy atom. The lowest BCUT2D eigenvalue weighted by molar-refractivity contribution is 0.328. The molecular weight excluding hydrogens is 198 g/mol. The van der Waals surface area contributed by atoms with E-state index >= 15 is 0 Å². The van der Waals surface area contributed by atoms with Gasteiger partial charge in [0.15, 0.2) is 0 Å². The fourth-order valence-electron chi connectivity index (χ4n) is 2.51. The standard InChI is InChI=1S/C13H23N3/c1-12(8-11-16-10-5-9-14-16)15-13-6-3-2-4-7-13/h5,9-10,12-13,15H,2-4,6-8,11H2,1H3. The summed E-state index contributed by atoms with van der Waals surface area (Å²) < 4.78 is 2.01. The summed E-state index contributed by atoms with van der Waals surface area (Å²) in [4.78, 5) is 0. The molecule has 1 aromatic rings. The lowest BCUT2D eigenvalue weighted by Gasteiger charge is -2.26. The Morgan fingerprint density at radius 2 is 2.19 bits per heavy atom. The average molecular weight is 221 g/mol. The molecule has 0 spiro atoms. The van der Waals surface area contributed by atoms with Gasteiger partial charge in [-0.2, -0.15) is 5.10 Å². The maximum atomic E-state index is 4.22. The molecule has 1 N–H and O–H groups in total. The Balaban J connectivity index is 1.65. The lowest BCUT2D eigenvalue weighted by Crippen LogP contribution is -2.38. The number of hydrogen-bond acceptors (Lipinski definition) is 2. The molecule has 0 saturated heterocycles. The molecule has 1 heterocycles. The number of nitrogens with zero attached hydrogens (tertiary/aromatic N) is 2. The number of rotatable bonds is 5. The molecule has 16 heavy (non-hydrogen) atoms. The second kappa shape index (κ2) is 6.04. The Bertz CT molecular complexity index is 275. The van der Waals surface area contributed by atoms with Crippen LogP contribution in [0.4, 0.5) is 0 Å². The van der Waals surface area contributed by atoms with Gasteiger partial charge in [0, 0.05) is 31.0 Å². The van der Waals surface area contributed by atoms with E-state index in [1.807, 2.05) is 23.1 Å². The quantitative estimate of drug-likeness (QED) is 0.828. The number of aryl methyl sites for hydroxylation is 1. The van der Waals surface area contributed by atoms with Crippen LogP contribution in [0.2, 0.25) is 0 Å². The Labute approximate surface area is 98.2 Å². The van der Waals surface area contributed by atoms with Crippen molar-refractivity contribution in [1.29, 1.82) is 0 Å². The van der Waals surface area contributed by atoms with Crippen LogP contribution in [0, 0.1) is 0 Å². The monoisotopic (exact) mass is 221 g/mol. The van der Waals surface area contributed by atoms with Crippen LogP contribution < -0.4 is 5.32 Å². The minimum absolute atomic E-state index is 0.604. The molecule has 3 heteroatoms. The van der Waals surface area contributed by atoms with Crippen molar-refractivity contribution >= 4 is 0 Å². The summed E-state index contributed by atoms with van der Waals surface area (Å²) in [7, 11) is 0. The molecule has 0 aliphatic heterocycles. The molecule has 1 aromatic heterocycles. The molecule has 1 saturated carbocycles. The van der Waals surface area contributed by atoms with E-state index in [1.165, 1.54) is 32.1 Å². The molecule has 0 aromatic carbocycles. The number of nitrogens with one attached hydrogen (secondary N) is 1. The highest BCUT2D eigenvalue weighted by molar-refractivity contribution is 4.79. The first-order chi connectivity index (χ1) is 7.84. The topological polar surface area (TPSA) is 29.9 Å². The van der Waals surface area contributed by atoms with Gasteiger partial charge in [0.1, 0.15) is 0 Å². The number of aromatic nitrogens is 2. The third kappa shape index (κ3) is 3.63. The fraction of sp³-hybridized carbons (Fsp3) is 0.769. The van der Waals surface area contributed by atoms with Crippen LogP contribution in [0.25, 0.3) is 0 Å². The average Bonchev–Trinajstić information content (AvgIpc) is 2.81. The van der Waals surface area contributed by atoms with Gasteiger partial charge in [-0.25, -0.2) is 0 Å². The van der Waals surface area contributed by atoms with Crippen molar-refractivity contribution in [1.82, 2.24) is 15.1 Å². The summed E-state index contributed by atoms with van der Waals surface area (Å²) in [6.45, 7) is 3.31. The van der Waals surface area contributed by atoms with E-state index in [0.29, 0.717) is 6.04 Å². The maximum Gasteiger partial charge on any atom is 0.0489 e. The smallest absolute Gasteiger partial charge is 0.0489 e. The van der Waals surface area contributed by atoms with Crippen molar-refractivity contribution in [3.63, 3.8) is 0 Å². The Kier molecular flexibility index (Phi) is 4.40. The zero-order valence-electron chi connectivity index (χ0n) is 10.2. The normalized spacial score (nSPS) is 19.8. The molecule has 0 radical (unpaired) electrons. The van der Waals surface area contributed by atoms with E-state index in [4.69, 9.17) is 0 Å². The van der Waals surface area contributed by atoms with Crippen molar-refractivity contribution < 1.29 is 0 Å². The minimum atomic E-state index is 0.604. The van der Waals surface area contributed by atoms with Gasteiger partial charge >= 0.3 is 0 Å². The molecule has 3 nitrogen and oxygen atoms in total. The van der Waals surface area contributed by atoms with E-state index in [-0.39, 0.29) is 0 Å². The first-order valence-electron chi connectivity index (χ1n) is 6.58. The molecular formula is C13H23N3. The van der Waals surface area contributed by atoms with Gasteiger partial charge in [-0.1, -0.05) is 19.3 Å². The molecule has 1 aliphatic rings. The summed E-state index contributed by atoms with van der Waals surface area (Å²) in [5.41, 5.74) is 0. The molecule has 1 aliphatic carbocycles. The van der Waals surface area contributed by atoms with Crippen LogP contribution in [0.1, 0.15) is 45.4 Å². The third-order valence-electron chi connectivity index (χ3n) is 3.48. The zero-order chi connectivity index (χ0) is 11.2. The van der Waals surface area contributed by atoms with Crippen LogP contribution in [0.15, 0.2) is 18.5 Å². The Morgan fingerprint density at radius 1 is 1.38 bits per heavy atom. The lowest BCUT2D eigenvalue weighted by atomic mass is 9.95. The van der Waals surface area contributed by atoms with Crippen molar-refractivity contribution in [3.05, 3.63) is 18.5 Å². The van der Waals surface area contributed by atoms with E-state index < -0.39 is 0 Å². The van der Waals surface area contributed by atoms with Crippen LogP contribution in [-0.4, -0.2) is 21.9 Å². The highest BCUT2D eigenvalue weighted by atomic mass is 15.3. The summed E-state index contributed by atoms with van der Waals surface area (Å²) in [5.74, 6) is 0. The predicted octanol–water partition coefficient (Wildman–Crippen LogP) is 2.58. The summed E-state index contributed by atoms with van der Waals surface area (Å²) >= 11 is 0. The first kappa shape index (κ1) is 11.6. The first-order valence-corrected chi connectivity index (χ1v) is 6.58. The SMILES string of the molecule is CC(CCn1cccn1)NC1CCCCC1. The highest BCUT2D eigenvalue weighted by Gasteiger charge is 2.15.